The lowest BCUT2D eigenvalue weighted by Crippen LogP contribution is -2.15. The molecule has 0 amide bonds. The second-order valence-corrected chi connectivity index (χ2v) is 7.89. The van der Waals surface area contributed by atoms with Gasteiger partial charge >= 0.3 is 12.1 Å². The van der Waals surface area contributed by atoms with E-state index in [1.165, 1.54) is 12.1 Å². The number of pyridine rings is 1. The molecule has 0 saturated heterocycles. The van der Waals surface area contributed by atoms with Gasteiger partial charge < -0.3 is 9.51 Å². The number of alkyl halides is 3. The lowest BCUT2D eigenvalue weighted by molar-refractivity contribution is -0.142. The third kappa shape index (κ3) is 3.84. The average molecular weight is 434 g/mol. The van der Waals surface area contributed by atoms with Crippen molar-refractivity contribution in [3.05, 3.63) is 82.1 Å². The number of carboxylic acid groups (broad SMARTS) is 1. The maximum absolute atomic E-state index is 13.5. The molecule has 4 rings (SSSR count). The molecule has 0 bridgehead atoms. The third-order valence-corrected chi connectivity index (χ3v) is 6.00. The van der Waals surface area contributed by atoms with Gasteiger partial charge in [-0.3, -0.25) is 4.79 Å². The van der Waals surface area contributed by atoms with Crippen molar-refractivity contribution in [1.82, 2.24) is 4.40 Å². The smallest absolute Gasteiger partial charge is 0.416 e. The number of nitrogens with zero attached hydrogens (tertiary/aromatic N) is 1. The van der Waals surface area contributed by atoms with Gasteiger partial charge in [-0.05, 0) is 60.7 Å². The standard InChI is InChI=1S/C23H19ClF3NO2/c24-20-5-3-4-19(23(25,26)27)18(20)13-16-12-17(21-6-1-2-11-28(16)21)14-7-9-15(10-8-14)22(29)30/h1-7,11-12,15H,8-10,13H2,(H,29,30)/t15-/m0/s1. The minimum Gasteiger partial charge on any atom is -0.481 e. The molecule has 0 fully saturated rings. The summed E-state index contributed by atoms with van der Waals surface area (Å²) < 4.78 is 42.4. The predicted octanol–water partition coefficient (Wildman–Crippen LogP) is 6.47. The molecule has 1 atom stereocenters. The molecule has 0 aliphatic heterocycles. The fourth-order valence-electron chi connectivity index (χ4n) is 4.10. The Morgan fingerprint density at radius 2 is 2.00 bits per heavy atom. The van der Waals surface area contributed by atoms with E-state index in [0.717, 1.165) is 22.7 Å². The van der Waals surface area contributed by atoms with Crippen molar-refractivity contribution in [3.8, 4) is 0 Å². The highest BCUT2D eigenvalue weighted by atomic mass is 35.5. The van der Waals surface area contributed by atoms with Crippen LogP contribution >= 0.6 is 11.6 Å². The molecule has 3 aromatic rings. The molecular weight excluding hydrogens is 415 g/mol. The summed E-state index contributed by atoms with van der Waals surface area (Å²) in [5, 5.41) is 9.30. The van der Waals surface area contributed by atoms with Crippen molar-refractivity contribution < 1.29 is 23.1 Å². The van der Waals surface area contributed by atoms with E-state index >= 15 is 0 Å². The molecule has 1 aromatic carbocycles. The van der Waals surface area contributed by atoms with Gasteiger partial charge in [0.25, 0.3) is 0 Å². The summed E-state index contributed by atoms with van der Waals surface area (Å²) in [6, 6.07) is 11.3. The molecule has 1 aliphatic carbocycles. The van der Waals surface area contributed by atoms with E-state index in [1.807, 2.05) is 40.9 Å². The third-order valence-electron chi connectivity index (χ3n) is 5.64. The number of allylic oxidation sites excluding steroid dienone is 2. The van der Waals surface area contributed by atoms with E-state index in [0.29, 0.717) is 25.0 Å². The van der Waals surface area contributed by atoms with E-state index in [4.69, 9.17) is 11.6 Å². The van der Waals surface area contributed by atoms with Crippen molar-refractivity contribution in [2.45, 2.75) is 31.9 Å². The monoisotopic (exact) mass is 433 g/mol. The first-order valence-corrected chi connectivity index (χ1v) is 9.99. The van der Waals surface area contributed by atoms with Gasteiger partial charge in [0.2, 0.25) is 0 Å². The molecule has 2 heterocycles. The van der Waals surface area contributed by atoms with Crippen LogP contribution in [-0.2, 0) is 17.4 Å². The lowest BCUT2D eigenvalue weighted by Gasteiger charge is -2.18. The zero-order valence-corrected chi connectivity index (χ0v) is 16.7. The zero-order chi connectivity index (χ0) is 21.5. The summed E-state index contributed by atoms with van der Waals surface area (Å²) in [6.07, 6.45) is 0.909. The Balaban J connectivity index is 1.78. The number of fused-ring (bicyclic) bond motifs is 1. The van der Waals surface area contributed by atoms with Crippen LogP contribution < -0.4 is 0 Å². The Bertz CT molecular complexity index is 1150. The molecule has 3 nitrogen and oxygen atoms in total. The number of hydrogen-bond donors (Lipinski definition) is 1. The zero-order valence-electron chi connectivity index (χ0n) is 15.9. The average Bonchev–Trinajstić information content (AvgIpc) is 3.07. The largest absolute Gasteiger partial charge is 0.481 e. The van der Waals surface area contributed by atoms with Crippen LogP contribution in [0.25, 0.3) is 11.1 Å². The SMILES string of the molecule is O=C(O)[C@H]1CC=C(c2cc(Cc3c(Cl)cccc3C(F)(F)F)n3ccccc23)CC1. The van der Waals surface area contributed by atoms with Crippen LogP contribution in [-0.4, -0.2) is 15.5 Å². The van der Waals surface area contributed by atoms with Gasteiger partial charge in [-0.15, -0.1) is 0 Å². The molecule has 1 aliphatic rings. The van der Waals surface area contributed by atoms with Crippen LogP contribution in [0.2, 0.25) is 5.02 Å². The molecule has 156 valence electrons. The second kappa shape index (κ2) is 7.84. The van der Waals surface area contributed by atoms with Crippen LogP contribution in [0.3, 0.4) is 0 Å². The topological polar surface area (TPSA) is 41.7 Å². The summed E-state index contributed by atoms with van der Waals surface area (Å²) in [4.78, 5) is 11.2. The Morgan fingerprint density at radius 3 is 2.67 bits per heavy atom. The number of aromatic nitrogens is 1. The quantitative estimate of drug-likeness (QED) is 0.512. The predicted molar refractivity (Wildman–Crippen MR) is 110 cm³/mol. The number of hydrogen-bond acceptors (Lipinski definition) is 1. The molecule has 1 N–H and O–H groups in total. The highest BCUT2D eigenvalue weighted by molar-refractivity contribution is 6.31. The number of halogens is 4. The minimum absolute atomic E-state index is 0.0325. The molecule has 0 spiro atoms. The van der Waals surface area contributed by atoms with Crippen LogP contribution in [0, 0.1) is 5.92 Å². The van der Waals surface area contributed by atoms with Crippen molar-refractivity contribution in [1.29, 1.82) is 0 Å². The Hall–Kier alpha value is -2.73. The molecular formula is C23H19ClF3NO2. The van der Waals surface area contributed by atoms with Gasteiger partial charge in [0.05, 0.1) is 17.0 Å². The van der Waals surface area contributed by atoms with Crippen molar-refractivity contribution in [2.75, 3.05) is 0 Å². The minimum atomic E-state index is -4.49. The summed E-state index contributed by atoms with van der Waals surface area (Å²) in [6.45, 7) is 0. The second-order valence-electron chi connectivity index (χ2n) is 7.48. The number of benzene rings is 1. The fourth-order valence-corrected chi connectivity index (χ4v) is 4.35. The van der Waals surface area contributed by atoms with Gasteiger partial charge in [0, 0.05) is 28.9 Å². The fraction of sp³-hybridized carbons (Fsp3) is 0.261. The van der Waals surface area contributed by atoms with Crippen molar-refractivity contribution in [2.24, 2.45) is 5.92 Å². The first-order chi connectivity index (χ1) is 14.3. The van der Waals surface area contributed by atoms with Crippen LogP contribution in [0.1, 0.15) is 41.6 Å². The van der Waals surface area contributed by atoms with Gasteiger partial charge in [-0.2, -0.15) is 13.2 Å². The molecule has 0 unspecified atom stereocenters. The van der Waals surface area contributed by atoms with Crippen LogP contribution in [0.15, 0.2) is 54.7 Å². The Labute approximate surface area is 176 Å². The van der Waals surface area contributed by atoms with Gasteiger partial charge in [0.1, 0.15) is 0 Å². The normalized spacial score (nSPS) is 17.2. The summed E-state index contributed by atoms with van der Waals surface area (Å²) in [5.74, 6) is -1.19. The van der Waals surface area contributed by atoms with Gasteiger partial charge in [-0.25, -0.2) is 0 Å². The van der Waals surface area contributed by atoms with Crippen LogP contribution in [0.5, 0.6) is 0 Å². The van der Waals surface area contributed by atoms with E-state index in [2.05, 4.69) is 0 Å². The molecule has 30 heavy (non-hydrogen) atoms. The lowest BCUT2D eigenvalue weighted by atomic mass is 9.87. The van der Waals surface area contributed by atoms with E-state index in [1.54, 1.807) is 0 Å². The van der Waals surface area contributed by atoms with Gasteiger partial charge in [-0.1, -0.05) is 29.8 Å². The maximum Gasteiger partial charge on any atom is 0.416 e. The Kier molecular flexibility index (Phi) is 5.36. The number of carbonyl (C=O) groups is 1. The first-order valence-electron chi connectivity index (χ1n) is 9.61. The first kappa shape index (κ1) is 20.5. The van der Waals surface area contributed by atoms with E-state index < -0.39 is 17.7 Å². The van der Waals surface area contributed by atoms with Crippen molar-refractivity contribution >= 4 is 28.7 Å². The summed E-state index contributed by atoms with van der Waals surface area (Å²) >= 11 is 6.16. The van der Waals surface area contributed by atoms with Crippen LogP contribution in [0.4, 0.5) is 13.2 Å². The Morgan fingerprint density at radius 1 is 1.20 bits per heavy atom. The highest BCUT2D eigenvalue weighted by Gasteiger charge is 2.34. The van der Waals surface area contributed by atoms with Crippen molar-refractivity contribution in [3.63, 3.8) is 0 Å². The number of carboxylic acids is 1. The summed E-state index contributed by atoms with van der Waals surface area (Å²) in [7, 11) is 0. The molecule has 2 aromatic heterocycles. The molecule has 7 heteroatoms. The molecule has 0 radical (unpaired) electrons. The maximum atomic E-state index is 13.5. The van der Waals surface area contributed by atoms with E-state index in [-0.39, 0.29) is 22.9 Å². The number of rotatable bonds is 4. The van der Waals surface area contributed by atoms with Gasteiger partial charge in [0.15, 0.2) is 0 Å². The highest BCUT2D eigenvalue weighted by Crippen LogP contribution is 2.38. The molecule has 0 saturated carbocycles. The summed E-state index contributed by atoms with van der Waals surface area (Å²) in [5.41, 5.74) is 2.84. The van der Waals surface area contributed by atoms with E-state index in [9.17, 15) is 23.1 Å². The number of aliphatic carboxylic acids is 1.